The fraction of sp³-hybridized carbons (Fsp3) is 0.500. The summed E-state index contributed by atoms with van der Waals surface area (Å²) in [6.07, 6.45) is 1.65. The summed E-state index contributed by atoms with van der Waals surface area (Å²) in [4.78, 5) is 25.8. The molecule has 0 bridgehead atoms. The Morgan fingerprint density at radius 2 is 2.14 bits per heavy atom. The standard InChI is InChI=1S/C16H23N3O2.ClH/c1-11(10-17)19(2)15(20)8-7-13-9-12-5-3-4-6-14(12)18-16(13)21;/h3-6,11,13H,7-10,17H2,1-2H3,(H,18,21);1H. The van der Waals surface area contributed by atoms with E-state index in [1.807, 2.05) is 31.2 Å². The minimum absolute atomic E-state index is 0. The SMILES string of the molecule is CC(CN)N(C)C(=O)CCC1Cc2ccccc2NC1=O.Cl. The molecule has 1 aromatic rings. The predicted molar refractivity (Wildman–Crippen MR) is 90.0 cm³/mol. The first-order valence-electron chi connectivity index (χ1n) is 7.37. The van der Waals surface area contributed by atoms with E-state index in [1.165, 1.54) is 0 Å². The van der Waals surface area contributed by atoms with E-state index in [9.17, 15) is 9.59 Å². The average molecular weight is 326 g/mol. The van der Waals surface area contributed by atoms with Gasteiger partial charge in [-0.25, -0.2) is 0 Å². The molecule has 5 nitrogen and oxygen atoms in total. The van der Waals surface area contributed by atoms with Gasteiger partial charge in [-0.3, -0.25) is 9.59 Å². The first-order valence-corrected chi connectivity index (χ1v) is 7.37. The summed E-state index contributed by atoms with van der Waals surface area (Å²) in [7, 11) is 1.76. The highest BCUT2D eigenvalue weighted by Crippen LogP contribution is 2.27. The molecule has 0 saturated carbocycles. The van der Waals surface area contributed by atoms with Crippen LogP contribution in [0.25, 0.3) is 0 Å². The van der Waals surface area contributed by atoms with Crippen molar-refractivity contribution in [3.05, 3.63) is 29.8 Å². The predicted octanol–water partition coefficient (Wildman–Crippen LogP) is 1.80. The maximum absolute atomic E-state index is 12.1. The summed E-state index contributed by atoms with van der Waals surface area (Å²) >= 11 is 0. The van der Waals surface area contributed by atoms with Gasteiger partial charge in [-0.1, -0.05) is 18.2 Å². The van der Waals surface area contributed by atoms with Gasteiger partial charge in [0.1, 0.15) is 0 Å². The molecule has 2 unspecified atom stereocenters. The van der Waals surface area contributed by atoms with E-state index in [0.29, 0.717) is 25.8 Å². The lowest BCUT2D eigenvalue weighted by atomic mass is 9.89. The number of likely N-dealkylation sites (N-methyl/N-ethyl adjacent to an activating group) is 1. The number of carbonyl (C=O) groups excluding carboxylic acids is 2. The summed E-state index contributed by atoms with van der Waals surface area (Å²) < 4.78 is 0. The number of hydrogen-bond donors (Lipinski definition) is 2. The second kappa shape index (κ2) is 8.15. The average Bonchev–Trinajstić information content (AvgIpc) is 2.50. The summed E-state index contributed by atoms with van der Waals surface area (Å²) in [5.41, 5.74) is 7.59. The second-order valence-corrected chi connectivity index (χ2v) is 5.68. The molecule has 1 aromatic carbocycles. The zero-order chi connectivity index (χ0) is 15.4. The summed E-state index contributed by atoms with van der Waals surface area (Å²) in [6, 6.07) is 7.83. The molecule has 0 aromatic heterocycles. The van der Waals surface area contributed by atoms with E-state index in [4.69, 9.17) is 5.73 Å². The maximum atomic E-state index is 12.1. The minimum atomic E-state index is -0.134. The molecule has 0 aliphatic carbocycles. The third-order valence-electron chi connectivity index (χ3n) is 4.21. The number of hydrogen-bond acceptors (Lipinski definition) is 3. The number of nitrogens with one attached hydrogen (secondary N) is 1. The number of fused-ring (bicyclic) bond motifs is 1. The first kappa shape index (κ1) is 18.5. The molecule has 0 radical (unpaired) electrons. The molecule has 0 spiro atoms. The Hall–Kier alpha value is -1.59. The van der Waals surface area contributed by atoms with Crippen molar-refractivity contribution in [2.24, 2.45) is 11.7 Å². The fourth-order valence-corrected chi connectivity index (χ4v) is 2.52. The van der Waals surface area contributed by atoms with Crippen LogP contribution in [0.3, 0.4) is 0 Å². The molecule has 2 rings (SSSR count). The smallest absolute Gasteiger partial charge is 0.227 e. The highest BCUT2D eigenvalue weighted by molar-refractivity contribution is 5.96. The molecule has 22 heavy (non-hydrogen) atoms. The van der Waals surface area contributed by atoms with Gasteiger partial charge in [0.2, 0.25) is 11.8 Å². The van der Waals surface area contributed by atoms with Crippen LogP contribution in [-0.4, -0.2) is 36.3 Å². The summed E-state index contributed by atoms with van der Waals surface area (Å²) in [5, 5.41) is 2.91. The first-order chi connectivity index (χ1) is 10.0. The van der Waals surface area contributed by atoms with Gasteiger partial charge in [-0.2, -0.15) is 0 Å². The monoisotopic (exact) mass is 325 g/mol. The van der Waals surface area contributed by atoms with Crippen molar-refractivity contribution in [1.82, 2.24) is 4.90 Å². The molecule has 122 valence electrons. The molecule has 1 aliphatic rings. The van der Waals surface area contributed by atoms with Gasteiger partial charge in [0.25, 0.3) is 0 Å². The number of anilines is 1. The molecule has 1 aliphatic heterocycles. The van der Waals surface area contributed by atoms with Crippen molar-refractivity contribution < 1.29 is 9.59 Å². The molecule has 0 fully saturated rings. The molecule has 3 N–H and O–H groups in total. The van der Waals surface area contributed by atoms with E-state index < -0.39 is 0 Å². The van der Waals surface area contributed by atoms with Gasteiger partial charge in [0.05, 0.1) is 0 Å². The number of carbonyl (C=O) groups is 2. The van der Waals surface area contributed by atoms with Gasteiger partial charge < -0.3 is 16.0 Å². The van der Waals surface area contributed by atoms with E-state index in [-0.39, 0.29) is 36.2 Å². The van der Waals surface area contributed by atoms with Crippen LogP contribution in [0.1, 0.15) is 25.3 Å². The minimum Gasteiger partial charge on any atom is -0.342 e. The Morgan fingerprint density at radius 3 is 2.82 bits per heavy atom. The van der Waals surface area contributed by atoms with Crippen molar-refractivity contribution >= 4 is 29.9 Å². The molecule has 0 saturated heterocycles. The van der Waals surface area contributed by atoms with Crippen LogP contribution in [0, 0.1) is 5.92 Å². The quantitative estimate of drug-likeness (QED) is 0.867. The Balaban J connectivity index is 0.00000242. The number of halogens is 1. The van der Waals surface area contributed by atoms with Crippen LogP contribution in [0.4, 0.5) is 5.69 Å². The molecular weight excluding hydrogens is 302 g/mol. The van der Waals surface area contributed by atoms with Crippen LogP contribution >= 0.6 is 12.4 Å². The van der Waals surface area contributed by atoms with Gasteiger partial charge >= 0.3 is 0 Å². The molecular formula is C16H24ClN3O2. The fourth-order valence-electron chi connectivity index (χ4n) is 2.52. The highest BCUT2D eigenvalue weighted by atomic mass is 35.5. The number of nitrogens with two attached hydrogens (primary N) is 1. The van der Waals surface area contributed by atoms with Gasteiger partial charge in [-0.15, -0.1) is 12.4 Å². The largest absolute Gasteiger partial charge is 0.342 e. The molecule has 2 amide bonds. The normalized spacial score (nSPS) is 17.8. The third-order valence-corrected chi connectivity index (χ3v) is 4.21. The Kier molecular flexibility index (Phi) is 6.84. The van der Waals surface area contributed by atoms with E-state index in [2.05, 4.69) is 5.32 Å². The van der Waals surface area contributed by atoms with E-state index in [1.54, 1.807) is 11.9 Å². The van der Waals surface area contributed by atoms with Crippen LogP contribution < -0.4 is 11.1 Å². The van der Waals surface area contributed by atoms with Crippen LogP contribution in [0.5, 0.6) is 0 Å². The lowest BCUT2D eigenvalue weighted by Crippen LogP contribution is -2.40. The number of para-hydroxylation sites is 1. The van der Waals surface area contributed by atoms with Crippen molar-refractivity contribution in [2.75, 3.05) is 18.9 Å². The molecule has 2 atom stereocenters. The van der Waals surface area contributed by atoms with Crippen LogP contribution in [0.2, 0.25) is 0 Å². The van der Waals surface area contributed by atoms with Gasteiger partial charge in [-0.05, 0) is 31.4 Å². The van der Waals surface area contributed by atoms with Crippen molar-refractivity contribution in [3.8, 4) is 0 Å². The lowest BCUT2D eigenvalue weighted by Gasteiger charge is -2.27. The molecule has 1 heterocycles. The summed E-state index contributed by atoms with van der Waals surface area (Å²) in [5.74, 6) is -0.0823. The maximum Gasteiger partial charge on any atom is 0.227 e. The second-order valence-electron chi connectivity index (χ2n) is 5.68. The van der Waals surface area contributed by atoms with Crippen molar-refractivity contribution in [1.29, 1.82) is 0 Å². The van der Waals surface area contributed by atoms with E-state index in [0.717, 1.165) is 11.3 Å². The van der Waals surface area contributed by atoms with Crippen LogP contribution in [-0.2, 0) is 16.0 Å². The van der Waals surface area contributed by atoms with Gasteiger partial charge in [0.15, 0.2) is 0 Å². The van der Waals surface area contributed by atoms with Crippen molar-refractivity contribution in [3.63, 3.8) is 0 Å². The third kappa shape index (κ3) is 4.21. The zero-order valence-electron chi connectivity index (χ0n) is 13.0. The zero-order valence-corrected chi connectivity index (χ0v) is 13.9. The van der Waals surface area contributed by atoms with Crippen molar-refractivity contribution in [2.45, 2.75) is 32.2 Å². The number of amides is 2. The van der Waals surface area contributed by atoms with E-state index >= 15 is 0 Å². The number of rotatable bonds is 5. The Bertz CT molecular complexity index is 536. The summed E-state index contributed by atoms with van der Waals surface area (Å²) in [6.45, 7) is 2.36. The topological polar surface area (TPSA) is 75.4 Å². The molecule has 6 heteroatoms. The number of benzene rings is 1. The van der Waals surface area contributed by atoms with Crippen LogP contribution in [0.15, 0.2) is 24.3 Å². The Morgan fingerprint density at radius 1 is 1.45 bits per heavy atom. The highest BCUT2D eigenvalue weighted by Gasteiger charge is 2.27. The Labute approximate surface area is 137 Å². The van der Waals surface area contributed by atoms with Gasteiger partial charge in [0, 0.05) is 37.7 Å². The lowest BCUT2D eigenvalue weighted by molar-refractivity contribution is -0.132. The number of nitrogens with zero attached hydrogens (tertiary/aromatic N) is 1.